The van der Waals surface area contributed by atoms with Gasteiger partial charge in [-0.25, -0.2) is 9.78 Å². The molecule has 0 radical (unpaired) electrons. The maximum absolute atomic E-state index is 12.3. The highest BCUT2D eigenvalue weighted by Crippen LogP contribution is 2.17. The molecule has 1 atom stereocenters. The minimum absolute atomic E-state index is 0.329. The highest BCUT2D eigenvalue weighted by atomic mass is 16.4. The van der Waals surface area contributed by atoms with Crippen LogP contribution in [0.2, 0.25) is 0 Å². The number of nitrogens with zero attached hydrogens (tertiary/aromatic N) is 2. The van der Waals surface area contributed by atoms with E-state index in [4.69, 9.17) is 4.42 Å². The number of carbonyl (C=O) groups is 1. The van der Waals surface area contributed by atoms with Crippen LogP contribution in [0.15, 0.2) is 51.8 Å². The van der Waals surface area contributed by atoms with Crippen molar-refractivity contribution in [2.75, 3.05) is 5.32 Å². The Bertz CT molecular complexity index is 878. The number of carbonyl (C=O) groups excluding carboxylic acids is 1. The summed E-state index contributed by atoms with van der Waals surface area (Å²) in [6.45, 7) is 3.56. The number of fused-ring (bicyclic) bond motifs is 1. The Morgan fingerprint density at radius 1 is 1.27 bits per heavy atom. The summed E-state index contributed by atoms with van der Waals surface area (Å²) in [5.41, 5.74) is 2.05. The third-order valence-electron chi connectivity index (χ3n) is 3.45. The van der Waals surface area contributed by atoms with Gasteiger partial charge in [0, 0.05) is 6.20 Å². The third kappa shape index (κ3) is 2.50. The number of amides is 1. The first-order chi connectivity index (χ1) is 10.6. The predicted octanol–water partition coefficient (Wildman–Crippen LogP) is 2.50. The van der Waals surface area contributed by atoms with E-state index in [1.807, 2.05) is 13.0 Å². The van der Waals surface area contributed by atoms with Crippen LogP contribution in [0.3, 0.4) is 0 Å². The van der Waals surface area contributed by atoms with Crippen molar-refractivity contribution in [3.8, 4) is 0 Å². The Kier molecular flexibility index (Phi) is 3.50. The average molecular weight is 297 g/mol. The second-order valence-electron chi connectivity index (χ2n) is 5.09. The van der Waals surface area contributed by atoms with Gasteiger partial charge in [-0.3, -0.25) is 9.36 Å². The van der Waals surface area contributed by atoms with Gasteiger partial charge >= 0.3 is 5.76 Å². The molecule has 1 amide bonds. The molecule has 22 heavy (non-hydrogen) atoms. The van der Waals surface area contributed by atoms with Crippen molar-refractivity contribution in [3.05, 3.63) is 58.7 Å². The van der Waals surface area contributed by atoms with Gasteiger partial charge in [0.2, 0.25) is 5.91 Å². The third-order valence-corrected chi connectivity index (χ3v) is 3.45. The molecule has 0 saturated heterocycles. The average Bonchev–Trinajstić information content (AvgIpc) is 2.84. The molecule has 1 N–H and O–H groups in total. The second kappa shape index (κ2) is 5.48. The van der Waals surface area contributed by atoms with Gasteiger partial charge < -0.3 is 9.73 Å². The quantitative estimate of drug-likeness (QED) is 0.805. The summed E-state index contributed by atoms with van der Waals surface area (Å²) in [7, 11) is 0. The van der Waals surface area contributed by atoms with Crippen molar-refractivity contribution in [1.82, 2.24) is 9.55 Å². The summed E-state index contributed by atoms with van der Waals surface area (Å²) >= 11 is 0. The normalized spacial score (nSPS) is 12.3. The van der Waals surface area contributed by atoms with Gasteiger partial charge in [-0.2, -0.15) is 0 Å². The van der Waals surface area contributed by atoms with E-state index in [9.17, 15) is 9.59 Å². The first kappa shape index (κ1) is 14.1. The molecule has 2 heterocycles. The number of para-hydroxylation sites is 2. The first-order valence-corrected chi connectivity index (χ1v) is 6.90. The lowest BCUT2D eigenvalue weighted by atomic mass is 10.2. The lowest BCUT2D eigenvalue weighted by Gasteiger charge is -2.12. The molecule has 0 aliphatic rings. The van der Waals surface area contributed by atoms with Crippen LogP contribution in [0, 0.1) is 6.92 Å². The van der Waals surface area contributed by atoms with Crippen LogP contribution in [-0.4, -0.2) is 15.5 Å². The van der Waals surface area contributed by atoms with Gasteiger partial charge in [-0.05, 0) is 37.6 Å². The molecule has 0 spiro atoms. The van der Waals surface area contributed by atoms with Gasteiger partial charge in [-0.15, -0.1) is 0 Å². The zero-order chi connectivity index (χ0) is 15.7. The van der Waals surface area contributed by atoms with Crippen molar-refractivity contribution < 1.29 is 9.21 Å². The van der Waals surface area contributed by atoms with E-state index in [1.165, 1.54) is 4.57 Å². The lowest BCUT2D eigenvalue weighted by molar-refractivity contribution is -0.118. The SMILES string of the molecule is Cc1ccc(NC(=O)C(C)n2c(=O)oc3ccccc32)nc1. The molecule has 6 heteroatoms. The zero-order valence-corrected chi connectivity index (χ0v) is 12.2. The van der Waals surface area contributed by atoms with Gasteiger partial charge in [-0.1, -0.05) is 18.2 Å². The van der Waals surface area contributed by atoms with E-state index in [0.717, 1.165) is 5.56 Å². The van der Waals surface area contributed by atoms with E-state index in [0.29, 0.717) is 16.9 Å². The van der Waals surface area contributed by atoms with E-state index in [1.54, 1.807) is 43.5 Å². The summed E-state index contributed by atoms with van der Waals surface area (Å²) in [4.78, 5) is 28.4. The van der Waals surface area contributed by atoms with Crippen LogP contribution in [0.1, 0.15) is 18.5 Å². The number of hydrogen-bond donors (Lipinski definition) is 1. The number of nitrogens with one attached hydrogen (secondary N) is 1. The zero-order valence-electron chi connectivity index (χ0n) is 12.2. The molecule has 0 saturated carbocycles. The Balaban J connectivity index is 1.90. The number of hydrogen-bond acceptors (Lipinski definition) is 4. The van der Waals surface area contributed by atoms with Crippen molar-refractivity contribution in [3.63, 3.8) is 0 Å². The van der Waals surface area contributed by atoms with Crippen LogP contribution < -0.4 is 11.1 Å². The number of anilines is 1. The molecule has 3 aromatic rings. The van der Waals surface area contributed by atoms with Crippen LogP contribution in [0.25, 0.3) is 11.1 Å². The number of aromatic nitrogens is 2. The number of oxazole rings is 1. The maximum atomic E-state index is 12.3. The topological polar surface area (TPSA) is 77.1 Å². The summed E-state index contributed by atoms with van der Waals surface area (Å²) in [6.07, 6.45) is 1.67. The molecule has 0 aliphatic heterocycles. The molecule has 1 unspecified atom stereocenters. The molecule has 2 aromatic heterocycles. The minimum atomic E-state index is -0.709. The smallest absolute Gasteiger partial charge is 0.408 e. The van der Waals surface area contributed by atoms with Crippen molar-refractivity contribution in [2.24, 2.45) is 0 Å². The van der Waals surface area contributed by atoms with Crippen molar-refractivity contribution in [2.45, 2.75) is 19.9 Å². The Hall–Kier alpha value is -2.89. The van der Waals surface area contributed by atoms with Crippen LogP contribution in [0.5, 0.6) is 0 Å². The van der Waals surface area contributed by atoms with Crippen molar-refractivity contribution in [1.29, 1.82) is 0 Å². The van der Waals surface area contributed by atoms with E-state index in [2.05, 4.69) is 10.3 Å². The molecule has 1 aromatic carbocycles. The molecule has 6 nitrogen and oxygen atoms in total. The Morgan fingerprint density at radius 2 is 2.05 bits per heavy atom. The van der Waals surface area contributed by atoms with Gasteiger partial charge in [0.15, 0.2) is 5.58 Å². The van der Waals surface area contributed by atoms with Gasteiger partial charge in [0.25, 0.3) is 0 Å². The molecular formula is C16H15N3O3. The van der Waals surface area contributed by atoms with E-state index < -0.39 is 11.8 Å². The Morgan fingerprint density at radius 3 is 2.77 bits per heavy atom. The van der Waals surface area contributed by atoms with Gasteiger partial charge in [0.05, 0.1) is 5.52 Å². The molecule has 0 bridgehead atoms. The molecule has 3 rings (SSSR count). The fourth-order valence-corrected chi connectivity index (χ4v) is 2.24. The van der Waals surface area contributed by atoms with E-state index >= 15 is 0 Å². The molecule has 0 fully saturated rings. The maximum Gasteiger partial charge on any atom is 0.420 e. The Labute approximate surface area is 126 Å². The van der Waals surface area contributed by atoms with Crippen molar-refractivity contribution >= 4 is 22.8 Å². The number of rotatable bonds is 3. The minimum Gasteiger partial charge on any atom is -0.408 e. The van der Waals surface area contributed by atoms with Crippen LogP contribution >= 0.6 is 0 Å². The highest BCUT2D eigenvalue weighted by Gasteiger charge is 2.21. The largest absolute Gasteiger partial charge is 0.420 e. The fraction of sp³-hybridized carbons (Fsp3) is 0.188. The highest BCUT2D eigenvalue weighted by molar-refractivity contribution is 5.93. The number of benzene rings is 1. The number of pyridine rings is 1. The van der Waals surface area contributed by atoms with Gasteiger partial charge in [0.1, 0.15) is 11.9 Å². The van der Waals surface area contributed by atoms with Crippen LogP contribution in [-0.2, 0) is 4.79 Å². The summed E-state index contributed by atoms with van der Waals surface area (Å²) in [5.74, 6) is -0.436. The molecular weight excluding hydrogens is 282 g/mol. The first-order valence-electron chi connectivity index (χ1n) is 6.90. The molecule has 112 valence electrons. The predicted molar refractivity (Wildman–Crippen MR) is 82.8 cm³/mol. The lowest BCUT2D eigenvalue weighted by Crippen LogP contribution is -2.29. The summed E-state index contributed by atoms with van der Waals surface area (Å²) in [5, 5.41) is 2.70. The number of aryl methyl sites for hydroxylation is 1. The van der Waals surface area contributed by atoms with E-state index in [-0.39, 0.29) is 5.91 Å². The van der Waals surface area contributed by atoms with Crippen LogP contribution in [0.4, 0.5) is 5.82 Å². The monoisotopic (exact) mass is 297 g/mol. The summed E-state index contributed by atoms with van der Waals surface area (Å²) in [6, 6.07) is 9.87. The molecule has 0 aliphatic carbocycles. The standard InChI is InChI=1S/C16H15N3O3/c1-10-7-8-14(17-9-10)18-15(20)11(2)19-12-5-3-4-6-13(12)22-16(19)21/h3-9,11H,1-2H3,(H,17,18,20). The summed E-state index contributed by atoms with van der Waals surface area (Å²) < 4.78 is 6.48. The fourth-order valence-electron chi connectivity index (χ4n) is 2.24. The second-order valence-corrected chi connectivity index (χ2v) is 5.09.